The van der Waals surface area contributed by atoms with Crippen LogP contribution in [0, 0.1) is 12.8 Å². The number of nitrogens with one attached hydrogen (secondary N) is 1. The average molecular weight is 305 g/mol. The molecular weight excluding hydrogens is 282 g/mol. The van der Waals surface area contributed by atoms with E-state index < -0.39 is 0 Å². The predicted octanol–water partition coefficient (Wildman–Crippen LogP) is 1.19. The van der Waals surface area contributed by atoms with Gasteiger partial charge in [-0.1, -0.05) is 13.8 Å². The molecule has 7 heteroatoms. The lowest BCUT2D eigenvalue weighted by molar-refractivity contribution is -0.121. The second kappa shape index (κ2) is 7.22. The van der Waals surface area contributed by atoms with Gasteiger partial charge < -0.3 is 15.5 Å². The van der Waals surface area contributed by atoms with Gasteiger partial charge in [0.2, 0.25) is 5.91 Å². The minimum Gasteiger partial charge on any atom is -0.469 e. The molecular formula is C15H23N5O2. The summed E-state index contributed by atoms with van der Waals surface area (Å²) in [6.45, 7) is 6.47. The SMILES string of the molecule is Cc1nc(C(N)C(C)C)n(CC(=O)NCCc2ccco2)n1. The van der Waals surface area contributed by atoms with E-state index in [1.54, 1.807) is 17.9 Å². The summed E-state index contributed by atoms with van der Waals surface area (Å²) in [6.07, 6.45) is 2.28. The topological polar surface area (TPSA) is 99.0 Å². The van der Waals surface area contributed by atoms with E-state index in [2.05, 4.69) is 15.4 Å². The second-order valence-corrected chi connectivity index (χ2v) is 5.62. The summed E-state index contributed by atoms with van der Waals surface area (Å²) in [6, 6.07) is 3.47. The zero-order valence-corrected chi connectivity index (χ0v) is 13.2. The maximum Gasteiger partial charge on any atom is 0.241 e. The Morgan fingerprint density at radius 2 is 2.27 bits per heavy atom. The number of hydrogen-bond donors (Lipinski definition) is 2. The largest absolute Gasteiger partial charge is 0.469 e. The molecule has 2 heterocycles. The molecule has 0 aromatic carbocycles. The third-order valence-corrected chi connectivity index (χ3v) is 3.39. The van der Waals surface area contributed by atoms with Crippen molar-refractivity contribution in [2.75, 3.05) is 6.54 Å². The van der Waals surface area contributed by atoms with Crippen LogP contribution in [0.25, 0.3) is 0 Å². The lowest BCUT2D eigenvalue weighted by Gasteiger charge is -2.15. The van der Waals surface area contributed by atoms with Crippen LogP contribution in [0.1, 0.15) is 37.3 Å². The molecule has 1 unspecified atom stereocenters. The number of rotatable bonds is 7. The van der Waals surface area contributed by atoms with E-state index in [1.807, 2.05) is 26.0 Å². The summed E-state index contributed by atoms with van der Waals surface area (Å²) in [5, 5.41) is 7.10. The quantitative estimate of drug-likeness (QED) is 0.800. The molecule has 22 heavy (non-hydrogen) atoms. The molecule has 0 radical (unpaired) electrons. The van der Waals surface area contributed by atoms with Gasteiger partial charge in [0.05, 0.1) is 12.3 Å². The highest BCUT2D eigenvalue weighted by molar-refractivity contribution is 5.75. The van der Waals surface area contributed by atoms with Crippen LogP contribution in [0.3, 0.4) is 0 Å². The van der Waals surface area contributed by atoms with Crippen molar-refractivity contribution in [1.82, 2.24) is 20.1 Å². The molecule has 0 aliphatic heterocycles. The van der Waals surface area contributed by atoms with E-state index in [1.165, 1.54) is 0 Å². The van der Waals surface area contributed by atoms with Crippen molar-refractivity contribution in [2.45, 2.75) is 39.8 Å². The Balaban J connectivity index is 1.91. The zero-order valence-electron chi connectivity index (χ0n) is 13.2. The first-order chi connectivity index (χ1) is 10.5. The summed E-state index contributed by atoms with van der Waals surface area (Å²) in [7, 11) is 0. The summed E-state index contributed by atoms with van der Waals surface area (Å²) < 4.78 is 6.80. The van der Waals surface area contributed by atoms with Gasteiger partial charge in [-0.2, -0.15) is 5.10 Å². The van der Waals surface area contributed by atoms with Gasteiger partial charge in [0.25, 0.3) is 0 Å². The van der Waals surface area contributed by atoms with Gasteiger partial charge in [-0.15, -0.1) is 0 Å². The summed E-state index contributed by atoms with van der Waals surface area (Å²) in [4.78, 5) is 16.4. The van der Waals surface area contributed by atoms with E-state index >= 15 is 0 Å². The van der Waals surface area contributed by atoms with Crippen molar-refractivity contribution in [2.24, 2.45) is 11.7 Å². The fourth-order valence-electron chi connectivity index (χ4n) is 2.10. The molecule has 0 spiro atoms. The summed E-state index contributed by atoms with van der Waals surface area (Å²) >= 11 is 0. The molecule has 0 aliphatic rings. The maximum atomic E-state index is 12.0. The van der Waals surface area contributed by atoms with Crippen LogP contribution in [0.15, 0.2) is 22.8 Å². The van der Waals surface area contributed by atoms with E-state index in [9.17, 15) is 4.79 Å². The van der Waals surface area contributed by atoms with Crippen LogP contribution in [-0.4, -0.2) is 27.2 Å². The molecule has 0 saturated carbocycles. The van der Waals surface area contributed by atoms with Crippen LogP contribution in [-0.2, 0) is 17.8 Å². The summed E-state index contributed by atoms with van der Waals surface area (Å²) in [5.74, 6) is 2.22. The molecule has 0 bridgehead atoms. The number of aromatic nitrogens is 3. The molecule has 120 valence electrons. The van der Waals surface area contributed by atoms with E-state index in [-0.39, 0.29) is 24.4 Å². The lowest BCUT2D eigenvalue weighted by atomic mass is 10.1. The molecule has 1 amide bonds. The summed E-state index contributed by atoms with van der Waals surface area (Å²) in [5.41, 5.74) is 6.12. The van der Waals surface area contributed by atoms with E-state index in [4.69, 9.17) is 10.2 Å². The molecule has 7 nitrogen and oxygen atoms in total. The number of carbonyl (C=O) groups is 1. The number of nitrogens with zero attached hydrogens (tertiary/aromatic N) is 3. The number of furan rings is 1. The van der Waals surface area contributed by atoms with Crippen molar-refractivity contribution in [3.05, 3.63) is 35.8 Å². The van der Waals surface area contributed by atoms with E-state index in [0.717, 1.165) is 5.76 Å². The van der Waals surface area contributed by atoms with Gasteiger partial charge in [0, 0.05) is 13.0 Å². The highest BCUT2D eigenvalue weighted by Crippen LogP contribution is 2.16. The molecule has 3 N–H and O–H groups in total. The zero-order chi connectivity index (χ0) is 16.1. The van der Waals surface area contributed by atoms with Crippen LogP contribution in [0.4, 0.5) is 0 Å². The molecule has 2 aromatic heterocycles. The minimum atomic E-state index is -0.239. The third kappa shape index (κ3) is 4.17. The molecule has 2 aromatic rings. The lowest BCUT2D eigenvalue weighted by Crippen LogP contribution is -2.32. The smallest absolute Gasteiger partial charge is 0.241 e. The first-order valence-electron chi connectivity index (χ1n) is 7.43. The Bertz CT molecular complexity index is 603. The first-order valence-corrected chi connectivity index (χ1v) is 7.43. The normalized spacial score (nSPS) is 12.6. The number of amides is 1. The molecule has 2 rings (SSSR count). The van der Waals surface area contributed by atoms with Crippen molar-refractivity contribution in [3.8, 4) is 0 Å². The second-order valence-electron chi connectivity index (χ2n) is 5.62. The maximum absolute atomic E-state index is 12.0. The number of aryl methyl sites for hydroxylation is 1. The fourth-order valence-corrected chi connectivity index (χ4v) is 2.10. The Hall–Kier alpha value is -2.15. The monoisotopic (exact) mass is 305 g/mol. The Morgan fingerprint density at radius 1 is 1.50 bits per heavy atom. The predicted molar refractivity (Wildman–Crippen MR) is 81.9 cm³/mol. The Labute approximate surface area is 129 Å². The highest BCUT2D eigenvalue weighted by Gasteiger charge is 2.19. The number of carbonyl (C=O) groups excluding carboxylic acids is 1. The van der Waals surface area contributed by atoms with Crippen LogP contribution in [0.5, 0.6) is 0 Å². The van der Waals surface area contributed by atoms with Crippen LogP contribution >= 0.6 is 0 Å². The van der Waals surface area contributed by atoms with Gasteiger partial charge in [-0.25, -0.2) is 9.67 Å². The Morgan fingerprint density at radius 3 is 2.91 bits per heavy atom. The number of nitrogens with two attached hydrogens (primary N) is 1. The van der Waals surface area contributed by atoms with Crippen LogP contribution in [0.2, 0.25) is 0 Å². The number of hydrogen-bond acceptors (Lipinski definition) is 5. The van der Waals surface area contributed by atoms with Gasteiger partial charge in [0.1, 0.15) is 24.0 Å². The fraction of sp³-hybridized carbons (Fsp3) is 0.533. The Kier molecular flexibility index (Phi) is 5.32. The minimum absolute atomic E-state index is 0.117. The molecule has 0 aliphatic carbocycles. The molecule has 0 saturated heterocycles. The highest BCUT2D eigenvalue weighted by atomic mass is 16.3. The van der Waals surface area contributed by atoms with Crippen molar-refractivity contribution < 1.29 is 9.21 Å². The van der Waals surface area contributed by atoms with Gasteiger partial charge in [-0.3, -0.25) is 4.79 Å². The average Bonchev–Trinajstić information content (AvgIpc) is 3.07. The van der Waals surface area contributed by atoms with Crippen molar-refractivity contribution >= 4 is 5.91 Å². The van der Waals surface area contributed by atoms with Gasteiger partial charge in [0.15, 0.2) is 0 Å². The molecule has 0 fully saturated rings. The van der Waals surface area contributed by atoms with Crippen molar-refractivity contribution in [1.29, 1.82) is 0 Å². The van der Waals surface area contributed by atoms with E-state index in [0.29, 0.717) is 24.6 Å². The standard InChI is InChI=1S/C15H23N5O2/c1-10(2)14(16)15-18-11(3)19-20(15)9-13(21)17-7-6-12-5-4-8-22-12/h4-5,8,10,14H,6-7,9,16H2,1-3H3,(H,17,21). The third-order valence-electron chi connectivity index (χ3n) is 3.39. The first kappa shape index (κ1) is 16.2. The van der Waals surface area contributed by atoms with Gasteiger partial charge >= 0.3 is 0 Å². The molecule has 1 atom stereocenters. The van der Waals surface area contributed by atoms with Crippen molar-refractivity contribution in [3.63, 3.8) is 0 Å². The van der Waals surface area contributed by atoms with Gasteiger partial charge in [-0.05, 0) is 25.0 Å². The van der Waals surface area contributed by atoms with Crippen LogP contribution < -0.4 is 11.1 Å².